The van der Waals surface area contributed by atoms with Crippen LogP contribution in [0.3, 0.4) is 0 Å². The fraction of sp³-hybridized carbons (Fsp3) is 0.107. The Labute approximate surface area is 185 Å². The van der Waals surface area contributed by atoms with Gasteiger partial charge in [0.2, 0.25) is 5.95 Å². The van der Waals surface area contributed by atoms with Crippen LogP contribution in [0.25, 0.3) is 49.7 Å². The minimum absolute atomic E-state index is 0.0329. The zero-order chi connectivity index (χ0) is 21.4. The van der Waals surface area contributed by atoms with Crippen LogP contribution in [0.4, 0.5) is 0 Å². The third kappa shape index (κ3) is 2.14. The summed E-state index contributed by atoms with van der Waals surface area (Å²) in [6, 6.07) is 26.5. The van der Waals surface area contributed by atoms with Crippen molar-refractivity contribution in [3.05, 3.63) is 96.6 Å². The van der Waals surface area contributed by atoms with E-state index in [1.165, 1.54) is 43.8 Å². The van der Waals surface area contributed by atoms with Gasteiger partial charge in [-0.05, 0) is 57.3 Å². The molecule has 1 aliphatic rings. The van der Waals surface area contributed by atoms with Crippen LogP contribution >= 0.6 is 0 Å². The summed E-state index contributed by atoms with van der Waals surface area (Å²) in [4.78, 5) is 12.9. The lowest BCUT2D eigenvalue weighted by atomic mass is 9.81. The van der Waals surface area contributed by atoms with Crippen molar-refractivity contribution < 1.29 is 0 Å². The molecule has 7 rings (SSSR count). The molecule has 0 fully saturated rings. The molecular weight excluding hydrogens is 392 g/mol. The number of rotatable bonds is 1. The zero-order valence-electron chi connectivity index (χ0n) is 17.9. The molecule has 152 valence electrons. The first-order valence-electron chi connectivity index (χ1n) is 10.9. The first kappa shape index (κ1) is 17.6. The summed E-state index contributed by atoms with van der Waals surface area (Å²) < 4.78 is 2.14. The Balaban J connectivity index is 1.65. The summed E-state index contributed by atoms with van der Waals surface area (Å²) in [6.45, 7) is 4.66. The fourth-order valence-corrected chi connectivity index (χ4v) is 5.55. The maximum Gasteiger partial charge on any atom is 0.237 e. The SMILES string of the molecule is CC1(C)c2ccccc2-c2cc3ccc4c(c3cc21)c1ccccc1n4-c1ncncn1. The minimum atomic E-state index is -0.0329. The monoisotopic (exact) mass is 412 g/mol. The number of para-hydroxylation sites is 1. The Morgan fingerprint density at radius 2 is 1.47 bits per heavy atom. The summed E-state index contributed by atoms with van der Waals surface area (Å²) in [7, 11) is 0. The van der Waals surface area contributed by atoms with Gasteiger partial charge in [0, 0.05) is 16.2 Å². The predicted octanol–water partition coefficient (Wildman–Crippen LogP) is 6.43. The second-order valence-corrected chi connectivity index (χ2v) is 9.04. The third-order valence-electron chi connectivity index (χ3n) is 7.03. The molecule has 0 spiro atoms. The second kappa shape index (κ2) is 6.01. The highest BCUT2D eigenvalue weighted by molar-refractivity contribution is 6.22. The molecule has 0 saturated carbocycles. The van der Waals surface area contributed by atoms with E-state index in [2.05, 4.69) is 106 Å². The maximum absolute atomic E-state index is 4.45. The molecule has 0 unspecified atom stereocenters. The van der Waals surface area contributed by atoms with Crippen molar-refractivity contribution in [2.45, 2.75) is 19.3 Å². The highest BCUT2D eigenvalue weighted by Gasteiger charge is 2.35. The summed E-state index contributed by atoms with van der Waals surface area (Å²) in [5.74, 6) is 0.638. The van der Waals surface area contributed by atoms with Gasteiger partial charge in [-0.1, -0.05) is 62.4 Å². The summed E-state index contributed by atoms with van der Waals surface area (Å²) in [5.41, 5.74) is 7.66. The molecule has 32 heavy (non-hydrogen) atoms. The number of aromatic nitrogens is 4. The van der Waals surface area contributed by atoms with Gasteiger partial charge in [0.25, 0.3) is 0 Å². The van der Waals surface area contributed by atoms with Gasteiger partial charge in [0.15, 0.2) is 0 Å². The van der Waals surface area contributed by atoms with E-state index in [9.17, 15) is 0 Å². The molecule has 0 saturated heterocycles. The Kier molecular flexibility index (Phi) is 3.31. The molecule has 2 heterocycles. The van der Waals surface area contributed by atoms with Gasteiger partial charge in [-0.25, -0.2) is 15.0 Å². The first-order chi connectivity index (χ1) is 15.6. The van der Waals surface area contributed by atoms with Gasteiger partial charge in [0.1, 0.15) is 12.7 Å². The molecule has 0 N–H and O–H groups in total. The van der Waals surface area contributed by atoms with Gasteiger partial charge in [-0.15, -0.1) is 0 Å². The van der Waals surface area contributed by atoms with E-state index in [1.807, 2.05) is 0 Å². The smallest absolute Gasteiger partial charge is 0.237 e. The summed E-state index contributed by atoms with van der Waals surface area (Å²) in [6.07, 6.45) is 3.10. The Hall–Kier alpha value is -4.05. The minimum Gasteiger partial charge on any atom is -0.278 e. The van der Waals surface area contributed by atoms with Gasteiger partial charge < -0.3 is 0 Å². The van der Waals surface area contributed by atoms with Crippen LogP contribution in [0.15, 0.2) is 85.5 Å². The number of hydrogen-bond donors (Lipinski definition) is 0. The normalized spacial score (nSPS) is 14.2. The summed E-state index contributed by atoms with van der Waals surface area (Å²) >= 11 is 0. The average molecular weight is 412 g/mol. The van der Waals surface area contributed by atoms with E-state index < -0.39 is 0 Å². The van der Waals surface area contributed by atoms with E-state index in [0.717, 1.165) is 11.0 Å². The molecule has 0 aliphatic heterocycles. The Morgan fingerprint density at radius 3 is 2.34 bits per heavy atom. The van der Waals surface area contributed by atoms with Crippen molar-refractivity contribution in [2.24, 2.45) is 0 Å². The van der Waals surface area contributed by atoms with Crippen molar-refractivity contribution in [1.82, 2.24) is 19.5 Å². The zero-order valence-corrected chi connectivity index (χ0v) is 17.9. The van der Waals surface area contributed by atoms with Crippen LogP contribution in [-0.4, -0.2) is 19.5 Å². The van der Waals surface area contributed by atoms with Gasteiger partial charge in [-0.2, -0.15) is 0 Å². The molecule has 0 atom stereocenters. The molecular formula is C28H20N4. The van der Waals surface area contributed by atoms with Crippen molar-refractivity contribution in [2.75, 3.05) is 0 Å². The predicted molar refractivity (Wildman–Crippen MR) is 129 cm³/mol. The lowest BCUT2D eigenvalue weighted by Gasteiger charge is -2.21. The van der Waals surface area contributed by atoms with E-state index in [-0.39, 0.29) is 5.41 Å². The molecule has 2 aromatic heterocycles. The molecule has 6 aromatic rings. The van der Waals surface area contributed by atoms with Crippen LogP contribution < -0.4 is 0 Å². The topological polar surface area (TPSA) is 43.6 Å². The van der Waals surface area contributed by atoms with Crippen molar-refractivity contribution in [3.8, 4) is 17.1 Å². The standard InChI is InChI=1S/C28H20N4/c1-28(2)22-9-5-3-7-18(22)21-13-17-11-12-25-26(20(17)14-23(21)28)19-8-4-6-10-24(19)32(25)27-30-15-29-16-31-27/h3-16H,1-2H3. The van der Waals surface area contributed by atoms with Crippen molar-refractivity contribution >= 4 is 32.6 Å². The average Bonchev–Trinajstić information content (AvgIpc) is 3.28. The number of nitrogens with zero attached hydrogens (tertiary/aromatic N) is 4. The lowest BCUT2D eigenvalue weighted by Crippen LogP contribution is -2.14. The van der Waals surface area contributed by atoms with Crippen molar-refractivity contribution in [1.29, 1.82) is 0 Å². The highest BCUT2D eigenvalue weighted by atomic mass is 15.2. The quantitative estimate of drug-likeness (QED) is 0.313. The molecule has 1 aliphatic carbocycles. The number of fused-ring (bicyclic) bond motifs is 8. The molecule has 4 heteroatoms. The number of benzene rings is 4. The van der Waals surface area contributed by atoms with Gasteiger partial charge in [-0.3, -0.25) is 4.57 Å². The van der Waals surface area contributed by atoms with Crippen LogP contribution in [0.1, 0.15) is 25.0 Å². The van der Waals surface area contributed by atoms with E-state index >= 15 is 0 Å². The van der Waals surface area contributed by atoms with E-state index in [1.54, 1.807) is 12.7 Å². The fourth-order valence-electron chi connectivity index (χ4n) is 5.55. The molecule has 4 aromatic carbocycles. The van der Waals surface area contributed by atoms with Crippen molar-refractivity contribution in [3.63, 3.8) is 0 Å². The second-order valence-electron chi connectivity index (χ2n) is 9.04. The molecule has 4 nitrogen and oxygen atoms in total. The van der Waals surface area contributed by atoms with Crippen LogP contribution in [0, 0.1) is 0 Å². The third-order valence-corrected chi connectivity index (χ3v) is 7.03. The number of hydrogen-bond acceptors (Lipinski definition) is 3. The molecule has 0 radical (unpaired) electrons. The van der Waals surface area contributed by atoms with Crippen LogP contribution in [0.5, 0.6) is 0 Å². The van der Waals surface area contributed by atoms with Gasteiger partial charge >= 0.3 is 0 Å². The molecule has 0 bridgehead atoms. The largest absolute Gasteiger partial charge is 0.278 e. The van der Waals surface area contributed by atoms with Gasteiger partial charge in [0.05, 0.1) is 11.0 Å². The first-order valence-corrected chi connectivity index (χ1v) is 10.9. The Morgan fingerprint density at radius 1 is 0.688 bits per heavy atom. The van der Waals surface area contributed by atoms with Crippen LogP contribution in [0.2, 0.25) is 0 Å². The summed E-state index contributed by atoms with van der Waals surface area (Å²) in [5, 5.41) is 4.98. The Bertz CT molecular complexity index is 1690. The lowest BCUT2D eigenvalue weighted by molar-refractivity contribution is 0.661. The molecule has 0 amide bonds. The maximum atomic E-state index is 4.45. The van der Waals surface area contributed by atoms with E-state index in [4.69, 9.17) is 0 Å². The highest BCUT2D eigenvalue weighted by Crippen LogP contribution is 2.50. The van der Waals surface area contributed by atoms with Crippen LogP contribution in [-0.2, 0) is 5.41 Å². The van der Waals surface area contributed by atoms with E-state index in [0.29, 0.717) is 5.95 Å².